The zero-order chi connectivity index (χ0) is 18.2. The van der Waals surface area contributed by atoms with E-state index in [0.717, 1.165) is 30.6 Å². The van der Waals surface area contributed by atoms with E-state index in [2.05, 4.69) is 41.7 Å². The normalized spacial score (nSPS) is 10.9. The topological polar surface area (TPSA) is 52.5 Å². The maximum absolute atomic E-state index is 9.29. The maximum Gasteiger partial charge on any atom is 0.115 e. The summed E-state index contributed by atoms with van der Waals surface area (Å²) in [5.74, 6) is 0.571. The van der Waals surface area contributed by atoms with Gasteiger partial charge in [-0.25, -0.2) is 0 Å². The third kappa shape index (κ3) is 5.42. The van der Waals surface area contributed by atoms with Gasteiger partial charge in [0.25, 0.3) is 0 Å². The Bertz CT molecular complexity index is 835. The summed E-state index contributed by atoms with van der Waals surface area (Å²) in [5, 5.41) is 21.9. The van der Waals surface area contributed by atoms with Crippen LogP contribution in [-0.4, -0.2) is 10.2 Å². The van der Waals surface area contributed by atoms with Gasteiger partial charge in [0.2, 0.25) is 0 Å². The summed E-state index contributed by atoms with van der Waals surface area (Å²) in [7, 11) is 0. The molecule has 0 aromatic heterocycles. The molecule has 0 aliphatic rings. The molecule has 3 aromatic carbocycles. The molecule has 0 bridgehead atoms. The first-order valence-corrected chi connectivity index (χ1v) is 8.75. The second-order valence-corrected chi connectivity index (χ2v) is 6.25. The summed E-state index contributed by atoms with van der Waals surface area (Å²) in [6.45, 7) is 0.756. The minimum Gasteiger partial charge on any atom is -0.508 e. The van der Waals surface area contributed by atoms with Crippen molar-refractivity contribution in [2.45, 2.75) is 19.4 Å². The molecule has 3 heteroatoms. The van der Waals surface area contributed by atoms with Gasteiger partial charge in [-0.1, -0.05) is 48.6 Å². The number of aryl methyl sites for hydroxylation is 1. The molecule has 0 saturated carbocycles. The highest BCUT2D eigenvalue weighted by atomic mass is 16.3. The molecule has 0 fully saturated rings. The maximum atomic E-state index is 9.29. The van der Waals surface area contributed by atoms with Crippen molar-refractivity contribution in [2.75, 3.05) is 5.32 Å². The molecule has 0 atom stereocenters. The highest BCUT2D eigenvalue weighted by Crippen LogP contribution is 2.16. The molecule has 3 aromatic rings. The van der Waals surface area contributed by atoms with Crippen molar-refractivity contribution in [1.82, 2.24) is 0 Å². The van der Waals surface area contributed by atoms with E-state index in [4.69, 9.17) is 0 Å². The number of nitrogens with one attached hydrogen (secondary N) is 1. The van der Waals surface area contributed by atoms with Gasteiger partial charge >= 0.3 is 0 Å². The lowest BCUT2D eigenvalue weighted by Gasteiger charge is -2.07. The van der Waals surface area contributed by atoms with Crippen LogP contribution in [0.3, 0.4) is 0 Å². The third-order valence-electron chi connectivity index (χ3n) is 4.19. The van der Waals surface area contributed by atoms with Crippen molar-refractivity contribution in [3.63, 3.8) is 0 Å². The molecule has 132 valence electrons. The van der Waals surface area contributed by atoms with Gasteiger partial charge in [-0.3, -0.25) is 0 Å². The smallest absolute Gasteiger partial charge is 0.115 e. The van der Waals surface area contributed by atoms with E-state index in [9.17, 15) is 10.2 Å². The standard InChI is InChI=1S/C23H23NO2/c25-22-13-9-19(10-14-22)4-2-1-3-18-5-7-20(8-6-18)17-24-21-11-15-23(26)16-12-21/h2,4-16,24-26H,1,3,17H2/b4-2+. The van der Waals surface area contributed by atoms with Gasteiger partial charge in [-0.15, -0.1) is 0 Å². The number of phenolic OH excluding ortho intramolecular Hbond substituents is 2. The van der Waals surface area contributed by atoms with E-state index in [1.54, 1.807) is 24.3 Å². The summed E-state index contributed by atoms with van der Waals surface area (Å²) < 4.78 is 0. The predicted octanol–water partition coefficient (Wildman–Crippen LogP) is 5.36. The lowest BCUT2D eigenvalue weighted by atomic mass is 10.1. The monoisotopic (exact) mass is 345 g/mol. The van der Waals surface area contributed by atoms with Gasteiger partial charge in [0, 0.05) is 12.2 Å². The van der Waals surface area contributed by atoms with E-state index in [0.29, 0.717) is 5.75 Å². The number of benzene rings is 3. The number of hydrogen-bond donors (Lipinski definition) is 3. The fraction of sp³-hybridized carbons (Fsp3) is 0.130. The zero-order valence-corrected chi connectivity index (χ0v) is 14.6. The molecule has 26 heavy (non-hydrogen) atoms. The van der Waals surface area contributed by atoms with Crippen LogP contribution in [0, 0.1) is 0 Å². The lowest BCUT2D eigenvalue weighted by Crippen LogP contribution is -1.99. The zero-order valence-electron chi connectivity index (χ0n) is 14.6. The summed E-state index contributed by atoms with van der Waals surface area (Å²) in [4.78, 5) is 0. The molecule has 3 nitrogen and oxygen atoms in total. The molecule has 3 rings (SSSR count). The van der Waals surface area contributed by atoms with Crippen LogP contribution in [-0.2, 0) is 13.0 Å². The van der Waals surface area contributed by atoms with Crippen LogP contribution in [0.4, 0.5) is 5.69 Å². The number of hydrogen-bond acceptors (Lipinski definition) is 3. The Labute approximate surface area is 154 Å². The van der Waals surface area contributed by atoms with Crippen molar-refractivity contribution >= 4 is 11.8 Å². The number of allylic oxidation sites excluding steroid dienone is 1. The molecule has 0 aliphatic carbocycles. The average Bonchev–Trinajstić information content (AvgIpc) is 2.67. The van der Waals surface area contributed by atoms with Crippen molar-refractivity contribution < 1.29 is 10.2 Å². The first-order valence-electron chi connectivity index (χ1n) is 8.75. The molecular formula is C23H23NO2. The molecule has 3 N–H and O–H groups in total. The van der Waals surface area contributed by atoms with Gasteiger partial charge in [-0.2, -0.15) is 0 Å². The highest BCUT2D eigenvalue weighted by Gasteiger charge is 1.97. The fourth-order valence-corrected chi connectivity index (χ4v) is 2.66. The molecule has 0 radical (unpaired) electrons. The lowest BCUT2D eigenvalue weighted by molar-refractivity contribution is 0.475. The largest absolute Gasteiger partial charge is 0.508 e. The van der Waals surface area contributed by atoms with Crippen LogP contribution in [0.1, 0.15) is 23.1 Å². The average molecular weight is 345 g/mol. The molecule has 0 saturated heterocycles. The van der Waals surface area contributed by atoms with E-state index in [-0.39, 0.29) is 5.75 Å². The van der Waals surface area contributed by atoms with E-state index >= 15 is 0 Å². The van der Waals surface area contributed by atoms with Crippen LogP contribution >= 0.6 is 0 Å². The van der Waals surface area contributed by atoms with Crippen molar-refractivity contribution in [2.24, 2.45) is 0 Å². The second kappa shape index (κ2) is 8.77. The Morgan fingerprint density at radius 2 is 1.27 bits per heavy atom. The minimum absolute atomic E-state index is 0.277. The fourth-order valence-electron chi connectivity index (χ4n) is 2.66. The molecule has 0 heterocycles. The SMILES string of the molecule is Oc1ccc(/C=C/CCc2ccc(CNc3ccc(O)cc3)cc2)cc1. The van der Waals surface area contributed by atoms with Crippen LogP contribution in [0.2, 0.25) is 0 Å². The number of phenols is 2. The van der Waals surface area contributed by atoms with Crippen molar-refractivity contribution in [1.29, 1.82) is 0 Å². The Morgan fingerprint density at radius 1 is 0.692 bits per heavy atom. The van der Waals surface area contributed by atoms with Gasteiger partial charge in [-0.05, 0) is 65.9 Å². The molecule has 0 amide bonds. The number of anilines is 1. The van der Waals surface area contributed by atoms with Crippen LogP contribution < -0.4 is 5.32 Å². The van der Waals surface area contributed by atoms with Crippen molar-refractivity contribution in [3.05, 3.63) is 95.6 Å². The Kier molecular flexibility index (Phi) is 5.94. The van der Waals surface area contributed by atoms with E-state index in [1.807, 2.05) is 24.3 Å². The van der Waals surface area contributed by atoms with Gasteiger partial charge in [0.15, 0.2) is 0 Å². The molecular weight excluding hydrogens is 322 g/mol. The second-order valence-electron chi connectivity index (χ2n) is 6.25. The van der Waals surface area contributed by atoms with Gasteiger partial charge < -0.3 is 15.5 Å². The summed E-state index contributed by atoms with van der Waals surface area (Å²) in [6, 6.07) is 22.9. The number of aromatic hydroxyl groups is 2. The third-order valence-corrected chi connectivity index (χ3v) is 4.19. The molecule has 0 spiro atoms. The van der Waals surface area contributed by atoms with E-state index in [1.165, 1.54) is 11.1 Å². The van der Waals surface area contributed by atoms with Gasteiger partial charge in [0.1, 0.15) is 11.5 Å². The van der Waals surface area contributed by atoms with Crippen molar-refractivity contribution in [3.8, 4) is 11.5 Å². The summed E-state index contributed by atoms with van der Waals surface area (Å²) in [5.41, 5.74) is 4.62. The predicted molar refractivity (Wildman–Crippen MR) is 107 cm³/mol. The minimum atomic E-state index is 0.277. The highest BCUT2D eigenvalue weighted by molar-refractivity contribution is 5.50. The van der Waals surface area contributed by atoms with E-state index < -0.39 is 0 Å². The van der Waals surface area contributed by atoms with Crippen LogP contribution in [0.25, 0.3) is 6.08 Å². The van der Waals surface area contributed by atoms with Crippen LogP contribution in [0.5, 0.6) is 11.5 Å². The first kappa shape index (κ1) is 17.6. The quantitative estimate of drug-likeness (QED) is 0.506. The summed E-state index contributed by atoms with van der Waals surface area (Å²) in [6.07, 6.45) is 6.22. The first-order chi connectivity index (χ1) is 12.7. The van der Waals surface area contributed by atoms with Crippen LogP contribution in [0.15, 0.2) is 78.9 Å². The Balaban J connectivity index is 1.45. The Morgan fingerprint density at radius 3 is 1.92 bits per heavy atom. The molecule has 0 unspecified atom stereocenters. The Hall–Kier alpha value is -3.20. The number of rotatable bonds is 7. The van der Waals surface area contributed by atoms with Gasteiger partial charge in [0.05, 0.1) is 0 Å². The molecule has 0 aliphatic heterocycles. The summed E-state index contributed by atoms with van der Waals surface area (Å²) >= 11 is 0.